The fourth-order valence-corrected chi connectivity index (χ4v) is 4.44. The molecule has 1 heterocycles. The molecule has 1 aliphatic carbocycles. The third-order valence-corrected chi connectivity index (χ3v) is 6.11. The Morgan fingerprint density at radius 3 is 2.57 bits per heavy atom. The highest BCUT2D eigenvalue weighted by Crippen LogP contribution is 2.42. The second kappa shape index (κ2) is 6.24. The number of hydrogen-bond acceptors (Lipinski definition) is 3. The van der Waals surface area contributed by atoms with Crippen molar-refractivity contribution in [2.45, 2.75) is 32.1 Å². The second-order valence-electron chi connectivity index (χ2n) is 5.84. The molecule has 114 valence electrons. The molecule has 1 aromatic rings. The van der Waals surface area contributed by atoms with Crippen molar-refractivity contribution in [1.29, 1.82) is 0 Å². The molecule has 1 N–H and O–H groups in total. The first-order chi connectivity index (χ1) is 10.1. The number of rotatable bonds is 1. The lowest BCUT2D eigenvalue weighted by atomic mass is 9.75. The maximum Gasteiger partial charge on any atom is 0.161 e. The number of anilines is 1. The molecule has 2 nitrogen and oxygen atoms in total. The van der Waals surface area contributed by atoms with Crippen LogP contribution in [0.3, 0.4) is 0 Å². The Balaban J connectivity index is 1.71. The maximum absolute atomic E-state index is 13.8. The number of benzene rings is 1. The highest BCUT2D eigenvalue weighted by molar-refractivity contribution is 9.10. The van der Waals surface area contributed by atoms with Crippen molar-refractivity contribution < 1.29 is 8.78 Å². The topological polar surface area (TPSA) is 24.4 Å². The van der Waals surface area contributed by atoms with E-state index in [9.17, 15) is 8.78 Å². The molecule has 0 bridgehead atoms. The van der Waals surface area contributed by atoms with Gasteiger partial charge in [0.15, 0.2) is 5.17 Å². The van der Waals surface area contributed by atoms with Crippen LogP contribution in [0, 0.1) is 17.0 Å². The Bertz CT molecular complexity index is 571. The smallest absolute Gasteiger partial charge is 0.161 e. The van der Waals surface area contributed by atoms with Gasteiger partial charge in [0, 0.05) is 18.4 Å². The Labute approximate surface area is 135 Å². The van der Waals surface area contributed by atoms with E-state index in [1.807, 2.05) is 0 Å². The lowest BCUT2D eigenvalue weighted by molar-refractivity contribution is 0.232. The highest BCUT2D eigenvalue weighted by Gasteiger charge is 2.35. The summed E-state index contributed by atoms with van der Waals surface area (Å²) >= 11 is 4.60. The van der Waals surface area contributed by atoms with Gasteiger partial charge in [-0.05, 0) is 40.3 Å². The predicted octanol–water partition coefficient (Wildman–Crippen LogP) is 5.19. The van der Waals surface area contributed by atoms with Crippen LogP contribution >= 0.6 is 27.7 Å². The standard InChI is InChI=1S/C15H17BrF2N2S/c16-10-6-12(18)13(7-11(10)17)20-14-19-8-15(9-21-14)4-2-1-3-5-15/h6-7H,1-5,8-9H2,(H,19,20). The van der Waals surface area contributed by atoms with Crippen LogP contribution in [-0.2, 0) is 0 Å². The fourth-order valence-electron chi connectivity index (χ4n) is 2.97. The Morgan fingerprint density at radius 1 is 1.14 bits per heavy atom. The molecule has 1 aliphatic heterocycles. The van der Waals surface area contributed by atoms with E-state index >= 15 is 0 Å². The van der Waals surface area contributed by atoms with Crippen molar-refractivity contribution >= 4 is 38.5 Å². The summed E-state index contributed by atoms with van der Waals surface area (Å²) in [4.78, 5) is 4.56. The quantitative estimate of drug-likeness (QED) is 0.683. The first-order valence-electron chi connectivity index (χ1n) is 7.17. The summed E-state index contributed by atoms with van der Waals surface area (Å²) in [6.45, 7) is 0.795. The molecule has 0 aromatic heterocycles. The largest absolute Gasteiger partial charge is 0.333 e. The van der Waals surface area contributed by atoms with Gasteiger partial charge < -0.3 is 5.32 Å². The average Bonchev–Trinajstić information content (AvgIpc) is 2.48. The normalized spacial score (nSPS) is 21.2. The predicted molar refractivity (Wildman–Crippen MR) is 88.0 cm³/mol. The Hall–Kier alpha value is -0.620. The van der Waals surface area contributed by atoms with Crippen LogP contribution in [0.1, 0.15) is 32.1 Å². The van der Waals surface area contributed by atoms with Crippen LogP contribution in [0.2, 0.25) is 0 Å². The van der Waals surface area contributed by atoms with Gasteiger partial charge in [0.05, 0.1) is 10.2 Å². The summed E-state index contributed by atoms with van der Waals surface area (Å²) in [7, 11) is 0. The van der Waals surface area contributed by atoms with Gasteiger partial charge in [0.2, 0.25) is 0 Å². The van der Waals surface area contributed by atoms with Crippen molar-refractivity contribution in [3.05, 3.63) is 28.2 Å². The van der Waals surface area contributed by atoms with Gasteiger partial charge in [-0.25, -0.2) is 8.78 Å². The van der Waals surface area contributed by atoms with Gasteiger partial charge in [-0.1, -0.05) is 31.0 Å². The minimum Gasteiger partial charge on any atom is -0.333 e. The van der Waals surface area contributed by atoms with E-state index < -0.39 is 11.6 Å². The van der Waals surface area contributed by atoms with Crippen LogP contribution in [0.15, 0.2) is 21.6 Å². The number of thioether (sulfide) groups is 1. The Kier molecular flexibility index (Phi) is 4.54. The number of nitrogens with one attached hydrogen (secondary N) is 1. The summed E-state index contributed by atoms with van der Waals surface area (Å²) in [6.07, 6.45) is 6.36. The van der Waals surface area contributed by atoms with E-state index in [4.69, 9.17) is 0 Å². The zero-order chi connectivity index (χ0) is 14.9. The van der Waals surface area contributed by atoms with E-state index in [-0.39, 0.29) is 10.2 Å². The third-order valence-electron chi connectivity index (χ3n) is 4.24. The van der Waals surface area contributed by atoms with Crippen molar-refractivity contribution in [3.8, 4) is 0 Å². The van der Waals surface area contributed by atoms with Gasteiger partial charge in [0.1, 0.15) is 11.6 Å². The minimum atomic E-state index is -0.482. The average molecular weight is 375 g/mol. The first kappa shape index (κ1) is 15.3. The molecule has 0 radical (unpaired) electrons. The lowest BCUT2D eigenvalue weighted by Gasteiger charge is -2.38. The van der Waals surface area contributed by atoms with Crippen LogP contribution < -0.4 is 5.32 Å². The van der Waals surface area contributed by atoms with Gasteiger partial charge in [-0.3, -0.25) is 4.99 Å². The summed E-state index contributed by atoms with van der Waals surface area (Å²) in [5.41, 5.74) is 0.471. The molecule has 3 rings (SSSR count). The summed E-state index contributed by atoms with van der Waals surface area (Å²) in [5, 5.41) is 3.60. The van der Waals surface area contributed by atoms with Crippen LogP contribution in [0.25, 0.3) is 0 Å². The molecule has 0 amide bonds. The highest BCUT2D eigenvalue weighted by atomic mass is 79.9. The second-order valence-corrected chi connectivity index (χ2v) is 7.66. The maximum atomic E-state index is 13.8. The zero-order valence-corrected chi connectivity index (χ0v) is 14.0. The number of hydrogen-bond donors (Lipinski definition) is 1. The van der Waals surface area contributed by atoms with Crippen LogP contribution in [0.4, 0.5) is 14.5 Å². The lowest BCUT2D eigenvalue weighted by Crippen LogP contribution is -2.35. The van der Waals surface area contributed by atoms with Crippen LogP contribution in [0.5, 0.6) is 0 Å². The molecule has 2 aliphatic rings. The molecule has 0 saturated heterocycles. The van der Waals surface area contributed by atoms with E-state index in [0.29, 0.717) is 10.6 Å². The van der Waals surface area contributed by atoms with Crippen LogP contribution in [-0.4, -0.2) is 17.5 Å². The molecular formula is C15H17BrF2N2S. The van der Waals surface area contributed by atoms with E-state index in [1.54, 1.807) is 11.8 Å². The number of aliphatic imine (C=N–C) groups is 1. The van der Waals surface area contributed by atoms with Gasteiger partial charge in [-0.15, -0.1) is 0 Å². The number of halogens is 3. The van der Waals surface area contributed by atoms with Crippen molar-refractivity contribution in [3.63, 3.8) is 0 Å². The SMILES string of the molecule is Fc1cc(NC2=NCC3(CCCCC3)CS2)c(F)cc1Br. The summed E-state index contributed by atoms with van der Waals surface area (Å²) in [5.74, 6) is 0.0491. The summed E-state index contributed by atoms with van der Waals surface area (Å²) < 4.78 is 27.4. The first-order valence-corrected chi connectivity index (χ1v) is 8.95. The molecule has 0 atom stereocenters. The number of nitrogens with zero attached hydrogens (tertiary/aromatic N) is 1. The number of amidine groups is 1. The summed E-state index contributed by atoms with van der Waals surface area (Å²) in [6, 6.07) is 2.29. The van der Waals surface area contributed by atoms with Crippen molar-refractivity contribution in [1.82, 2.24) is 0 Å². The van der Waals surface area contributed by atoms with Gasteiger partial charge in [-0.2, -0.15) is 0 Å². The molecule has 1 fully saturated rings. The van der Waals surface area contributed by atoms with Gasteiger partial charge >= 0.3 is 0 Å². The molecule has 1 spiro atoms. The Morgan fingerprint density at radius 2 is 1.90 bits per heavy atom. The van der Waals surface area contributed by atoms with E-state index in [0.717, 1.165) is 24.4 Å². The molecule has 1 aromatic carbocycles. The van der Waals surface area contributed by atoms with E-state index in [1.165, 1.54) is 32.1 Å². The van der Waals surface area contributed by atoms with Gasteiger partial charge in [0.25, 0.3) is 0 Å². The monoisotopic (exact) mass is 374 g/mol. The molecular weight excluding hydrogens is 358 g/mol. The third kappa shape index (κ3) is 3.42. The van der Waals surface area contributed by atoms with Crippen molar-refractivity contribution in [2.75, 3.05) is 17.6 Å². The molecule has 21 heavy (non-hydrogen) atoms. The van der Waals surface area contributed by atoms with E-state index in [2.05, 4.69) is 26.2 Å². The molecule has 6 heteroatoms. The molecule has 1 saturated carbocycles. The zero-order valence-electron chi connectivity index (χ0n) is 11.6. The fraction of sp³-hybridized carbons (Fsp3) is 0.533. The molecule has 0 unspecified atom stereocenters. The van der Waals surface area contributed by atoms with Crippen molar-refractivity contribution in [2.24, 2.45) is 10.4 Å². The minimum absolute atomic E-state index is 0.130.